The molecule has 0 fully saturated rings. The number of hydroxylamine groups is 2. The van der Waals surface area contributed by atoms with E-state index < -0.39 is 17.2 Å². The van der Waals surface area contributed by atoms with Crippen LogP contribution in [0.5, 0.6) is 0 Å². The molecule has 1 atom stereocenters. The lowest BCUT2D eigenvalue weighted by molar-refractivity contribution is -0.847. The smallest absolute Gasteiger partial charge is 0.388 e. The van der Waals surface area contributed by atoms with Crippen molar-refractivity contribution in [2.45, 2.75) is 44.9 Å². The van der Waals surface area contributed by atoms with Gasteiger partial charge in [-0.25, -0.2) is 4.79 Å². The van der Waals surface area contributed by atoms with Gasteiger partial charge < -0.3 is 4.74 Å². The predicted octanol–water partition coefficient (Wildman–Crippen LogP) is 1.81. The highest BCUT2D eigenvalue weighted by Gasteiger charge is 2.54. The first kappa shape index (κ1) is 16.0. The average Bonchev–Trinajstić information content (AvgIpc) is 2.80. The number of rotatable bonds is 4. The molecule has 0 spiro atoms. The fraction of sp³-hybridized carbons (Fsp3) is 0.438. The third-order valence-electron chi connectivity index (χ3n) is 3.84. The van der Waals surface area contributed by atoms with Crippen molar-refractivity contribution in [3.05, 3.63) is 35.9 Å². The molecule has 1 aromatic rings. The lowest BCUT2D eigenvalue weighted by Crippen LogP contribution is -2.50. The summed E-state index contributed by atoms with van der Waals surface area (Å²) in [5.41, 5.74) is -1.61. The summed E-state index contributed by atoms with van der Waals surface area (Å²) in [5.74, 6) is -0.589. The van der Waals surface area contributed by atoms with E-state index in [0.717, 1.165) is 15.0 Å². The van der Waals surface area contributed by atoms with E-state index in [-0.39, 0.29) is 0 Å². The van der Waals surface area contributed by atoms with Crippen molar-refractivity contribution in [2.75, 3.05) is 0 Å². The summed E-state index contributed by atoms with van der Waals surface area (Å²) in [6, 6.07) is 9.21. The van der Waals surface area contributed by atoms with Gasteiger partial charge in [0.2, 0.25) is 6.21 Å². The SMILES string of the molecule is CC1(C(=O)OC(C)(C)/[N+](O)=C/c2ccccc2)CCC=[N+]1O. The maximum Gasteiger partial charge on any atom is 0.388 e. The first-order chi connectivity index (χ1) is 10.3. The maximum absolute atomic E-state index is 12.4. The molecule has 2 N–H and O–H groups in total. The van der Waals surface area contributed by atoms with Crippen LogP contribution in [-0.2, 0) is 9.53 Å². The zero-order chi connectivity index (χ0) is 16.4. The highest BCUT2D eigenvalue weighted by atomic mass is 16.6. The quantitative estimate of drug-likeness (QED) is 0.222. The van der Waals surface area contributed by atoms with E-state index in [9.17, 15) is 15.2 Å². The van der Waals surface area contributed by atoms with Crippen LogP contribution in [0.15, 0.2) is 30.3 Å². The standard InChI is InChI=1S/C16H22N2O4/c1-15(2,18(21)12-13-8-5-4-6-9-13)22-14(19)16(3)10-7-11-17(16)20/h4-6,8-9,11-12,20-21H,7,10H2,1-3H3/q+2/b18-12-. The number of nitrogens with zero attached hydrogens (tertiary/aromatic N) is 2. The number of hydrogen-bond acceptors (Lipinski definition) is 4. The van der Waals surface area contributed by atoms with E-state index in [2.05, 4.69) is 0 Å². The molecule has 0 bridgehead atoms. The molecule has 1 heterocycles. The minimum atomic E-state index is -1.26. The molecule has 2 rings (SSSR count). The number of hydrogen-bond donors (Lipinski definition) is 2. The summed E-state index contributed by atoms with van der Waals surface area (Å²) in [6.45, 7) is 4.76. The first-order valence-electron chi connectivity index (χ1n) is 7.19. The molecule has 0 saturated heterocycles. The van der Waals surface area contributed by atoms with Gasteiger partial charge in [-0.1, -0.05) is 18.2 Å². The second-order valence-corrected chi connectivity index (χ2v) is 6.06. The Hall–Kier alpha value is -2.37. The Labute approximate surface area is 129 Å². The summed E-state index contributed by atoms with van der Waals surface area (Å²) in [7, 11) is 0. The van der Waals surface area contributed by atoms with Crippen LogP contribution in [0.1, 0.15) is 39.2 Å². The topological polar surface area (TPSA) is 72.8 Å². The minimum Gasteiger partial charge on any atom is -0.392 e. The fourth-order valence-corrected chi connectivity index (χ4v) is 2.20. The van der Waals surface area contributed by atoms with Crippen molar-refractivity contribution < 1.29 is 29.4 Å². The molecule has 118 valence electrons. The van der Waals surface area contributed by atoms with Gasteiger partial charge in [0.05, 0.1) is 0 Å². The number of benzene rings is 1. The molecule has 6 nitrogen and oxygen atoms in total. The minimum absolute atomic E-state index is 0.465. The zero-order valence-electron chi connectivity index (χ0n) is 13.1. The van der Waals surface area contributed by atoms with Crippen LogP contribution in [0.3, 0.4) is 0 Å². The van der Waals surface area contributed by atoms with Gasteiger partial charge in [-0.15, -0.1) is 0 Å². The molecule has 0 saturated carbocycles. The molecule has 0 aliphatic carbocycles. The van der Waals surface area contributed by atoms with Gasteiger partial charge in [0, 0.05) is 43.9 Å². The van der Waals surface area contributed by atoms with Crippen molar-refractivity contribution in [1.29, 1.82) is 0 Å². The molecule has 1 aromatic carbocycles. The largest absolute Gasteiger partial charge is 0.392 e. The van der Waals surface area contributed by atoms with Crippen molar-refractivity contribution in [3.8, 4) is 0 Å². The molecule has 0 amide bonds. The second kappa shape index (κ2) is 5.79. The molecule has 1 unspecified atom stereocenters. The number of esters is 1. The van der Waals surface area contributed by atoms with E-state index in [0.29, 0.717) is 12.8 Å². The van der Waals surface area contributed by atoms with Gasteiger partial charge in [0.15, 0.2) is 6.21 Å². The van der Waals surface area contributed by atoms with Gasteiger partial charge in [0.1, 0.15) is 0 Å². The summed E-state index contributed by atoms with van der Waals surface area (Å²) in [4.78, 5) is 12.4. The predicted molar refractivity (Wildman–Crippen MR) is 79.6 cm³/mol. The van der Waals surface area contributed by atoms with Crippen LogP contribution in [0.4, 0.5) is 0 Å². The molecule has 6 heteroatoms. The molecule has 0 radical (unpaired) electrons. The first-order valence-corrected chi connectivity index (χ1v) is 7.19. The number of ether oxygens (including phenoxy) is 1. The highest BCUT2D eigenvalue weighted by molar-refractivity contribution is 5.81. The van der Waals surface area contributed by atoms with Gasteiger partial charge >= 0.3 is 17.2 Å². The van der Waals surface area contributed by atoms with E-state index in [1.807, 2.05) is 30.3 Å². The Bertz CT molecular complexity index is 622. The molecule has 1 aliphatic rings. The van der Waals surface area contributed by atoms with Gasteiger partial charge in [-0.3, -0.25) is 10.4 Å². The zero-order valence-corrected chi connectivity index (χ0v) is 13.1. The van der Waals surface area contributed by atoms with Crippen LogP contribution < -0.4 is 0 Å². The Balaban J connectivity index is 2.15. The van der Waals surface area contributed by atoms with E-state index in [1.165, 1.54) is 6.21 Å². The van der Waals surface area contributed by atoms with Crippen molar-refractivity contribution >= 4 is 18.4 Å². The highest BCUT2D eigenvalue weighted by Crippen LogP contribution is 2.25. The van der Waals surface area contributed by atoms with E-state index in [4.69, 9.17) is 4.74 Å². The van der Waals surface area contributed by atoms with E-state index in [1.54, 1.807) is 27.0 Å². The third kappa shape index (κ3) is 3.10. The lowest BCUT2D eigenvalue weighted by atomic mass is 10.00. The van der Waals surface area contributed by atoms with E-state index >= 15 is 0 Å². The Kier molecular flexibility index (Phi) is 4.21. The maximum atomic E-state index is 12.4. The summed E-state index contributed by atoms with van der Waals surface area (Å²) in [5, 5.41) is 20.0. The van der Waals surface area contributed by atoms with Crippen molar-refractivity contribution in [1.82, 2.24) is 0 Å². The van der Waals surface area contributed by atoms with Gasteiger partial charge in [-0.2, -0.15) is 0 Å². The summed E-state index contributed by atoms with van der Waals surface area (Å²) >= 11 is 0. The van der Waals surface area contributed by atoms with Gasteiger partial charge in [0.25, 0.3) is 0 Å². The van der Waals surface area contributed by atoms with Crippen molar-refractivity contribution in [2.24, 2.45) is 0 Å². The molecular weight excluding hydrogens is 284 g/mol. The normalized spacial score (nSPS) is 22.3. The van der Waals surface area contributed by atoms with Crippen LogP contribution in [-0.4, -0.2) is 49.6 Å². The van der Waals surface area contributed by atoms with Crippen LogP contribution in [0, 0.1) is 0 Å². The Morgan fingerprint density at radius 1 is 1.41 bits per heavy atom. The average molecular weight is 306 g/mol. The number of carbonyl (C=O) groups excluding carboxylic acids is 1. The monoisotopic (exact) mass is 306 g/mol. The number of carbonyl (C=O) groups is 1. The molecule has 22 heavy (non-hydrogen) atoms. The fourth-order valence-electron chi connectivity index (χ4n) is 2.20. The van der Waals surface area contributed by atoms with Gasteiger partial charge in [-0.05, 0) is 16.9 Å². The second-order valence-electron chi connectivity index (χ2n) is 6.06. The summed E-state index contributed by atoms with van der Waals surface area (Å²) in [6.07, 6.45) is 4.09. The molecule has 1 aliphatic heterocycles. The molecular formula is C16H22N2O4+2. The summed E-state index contributed by atoms with van der Waals surface area (Å²) < 4.78 is 7.15. The third-order valence-corrected chi connectivity index (χ3v) is 3.84. The van der Waals surface area contributed by atoms with Crippen LogP contribution >= 0.6 is 0 Å². The molecule has 0 aromatic heterocycles. The van der Waals surface area contributed by atoms with Crippen LogP contribution in [0.2, 0.25) is 0 Å². The Morgan fingerprint density at radius 3 is 2.59 bits per heavy atom. The lowest BCUT2D eigenvalue weighted by Gasteiger charge is -2.21. The van der Waals surface area contributed by atoms with Crippen molar-refractivity contribution in [3.63, 3.8) is 0 Å². The van der Waals surface area contributed by atoms with Crippen LogP contribution in [0.25, 0.3) is 0 Å². The Morgan fingerprint density at radius 2 is 2.05 bits per heavy atom.